The van der Waals surface area contributed by atoms with Crippen molar-refractivity contribution < 1.29 is 19.4 Å². The molecule has 1 aliphatic rings. The summed E-state index contributed by atoms with van der Waals surface area (Å²) in [5, 5.41) is 12.8. The minimum Gasteiger partial charge on any atom is -0.480 e. The van der Waals surface area contributed by atoms with Gasteiger partial charge in [-0.05, 0) is 39.6 Å². The van der Waals surface area contributed by atoms with E-state index in [1.54, 1.807) is 20.8 Å². The number of amides is 1. The van der Waals surface area contributed by atoms with Gasteiger partial charge in [0.15, 0.2) is 0 Å². The fraction of sp³-hybridized carbons (Fsp3) is 0.818. The maximum Gasteiger partial charge on any atom is 0.411 e. The van der Waals surface area contributed by atoms with E-state index >= 15 is 0 Å². The fourth-order valence-corrected chi connectivity index (χ4v) is 1.99. The van der Waals surface area contributed by atoms with Gasteiger partial charge in [0.25, 0.3) is 0 Å². The van der Waals surface area contributed by atoms with Crippen LogP contribution in [0.1, 0.15) is 34.1 Å². The van der Waals surface area contributed by atoms with Crippen LogP contribution >= 0.6 is 0 Å². The van der Waals surface area contributed by atoms with Crippen molar-refractivity contribution in [2.75, 3.05) is 6.54 Å². The molecule has 2 unspecified atom stereocenters. The largest absolute Gasteiger partial charge is 0.480 e. The van der Waals surface area contributed by atoms with Gasteiger partial charge in [-0.15, -0.1) is 0 Å². The van der Waals surface area contributed by atoms with E-state index in [0.717, 1.165) is 4.90 Å². The van der Waals surface area contributed by atoms with E-state index in [0.29, 0.717) is 0 Å². The zero-order valence-corrected chi connectivity index (χ0v) is 11.5. The topological polar surface area (TPSA) is 116 Å². The number of hydrogen-bond donors (Lipinski definition) is 1. The van der Waals surface area contributed by atoms with Crippen LogP contribution in [0.25, 0.3) is 10.4 Å². The summed E-state index contributed by atoms with van der Waals surface area (Å²) in [4.78, 5) is 27.2. The highest BCUT2D eigenvalue weighted by Gasteiger charge is 2.51. The third-order valence-electron chi connectivity index (χ3n) is 2.91. The number of rotatable bonds is 2. The molecule has 0 aromatic carbocycles. The van der Waals surface area contributed by atoms with Crippen molar-refractivity contribution in [1.29, 1.82) is 0 Å². The second-order valence-electron chi connectivity index (χ2n) is 5.73. The number of carboxylic acid groups (broad SMARTS) is 1. The van der Waals surface area contributed by atoms with E-state index in [1.807, 2.05) is 0 Å². The van der Waals surface area contributed by atoms with E-state index in [2.05, 4.69) is 10.0 Å². The average molecular weight is 270 g/mol. The SMILES string of the molecule is CC(C)(C)OC(=O)N1CC(N=[N+]=[N-])CC1(C)C(=O)O. The predicted octanol–water partition coefficient (Wildman–Crippen LogP) is 2.15. The molecule has 1 aliphatic heterocycles. The molecule has 19 heavy (non-hydrogen) atoms. The number of nitrogens with zero attached hydrogens (tertiary/aromatic N) is 4. The molecule has 1 fully saturated rings. The smallest absolute Gasteiger partial charge is 0.411 e. The third-order valence-corrected chi connectivity index (χ3v) is 2.91. The molecule has 0 aromatic rings. The monoisotopic (exact) mass is 270 g/mol. The number of hydrogen-bond acceptors (Lipinski definition) is 4. The predicted molar refractivity (Wildman–Crippen MR) is 66.5 cm³/mol. The quantitative estimate of drug-likeness (QED) is 0.470. The number of ether oxygens (including phenoxy) is 1. The summed E-state index contributed by atoms with van der Waals surface area (Å²) in [7, 11) is 0. The van der Waals surface area contributed by atoms with Crippen molar-refractivity contribution >= 4 is 12.1 Å². The highest BCUT2D eigenvalue weighted by molar-refractivity contribution is 5.85. The molecular weight excluding hydrogens is 252 g/mol. The molecule has 0 aromatic heterocycles. The van der Waals surface area contributed by atoms with Gasteiger partial charge in [0, 0.05) is 11.5 Å². The van der Waals surface area contributed by atoms with Crippen LogP contribution in [-0.4, -0.2) is 45.8 Å². The van der Waals surface area contributed by atoms with Gasteiger partial charge in [0.1, 0.15) is 11.1 Å². The molecule has 8 heteroatoms. The van der Waals surface area contributed by atoms with Crippen LogP contribution in [0.4, 0.5) is 4.79 Å². The Morgan fingerprint density at radius 2 is 2.11 bits per heavy atom. The molecule has 1 saturated heterocycles. The molecule has 8 nitrogen and oxygen atoms in total. The first-order valence-corrected chi connectivity index (χ1v) is 5.88. The second kappa shape index (κ2) is 4.97. The number of carbonyl (C=O) groups is 2. The van der Waals surface area contributed by atoms with Crippen LogP contribution in [0, 0.1) is 0 Å². The molecule has 1 amide bonds. The molecule has 1 N–H and O–H groups in total. The van der Waals surface area contributed by atoms with Gasteiger partial charge in [-0.25, -0.2) is 9.59 Å². The molecule has 0 saturated carbocycles. The lowest BCUT2D eigenvalue weighted by atomic mass is 9.98. The van der Waals surface area contributed by atoms with E-state index in [4.69, 9.17) is 10.3 Å². The van der Waals surface area contributed by atoms with Crippen LogP contribution in [0.2, 0.25) is 0 Å². The van der Waals surface area contributed by atoms with Crippen LogP contribution < -0.4 is 0 Å². The summed E-state index contributed by atoms with van der Waals surface area (Å²) < 4.78 is 5.18. The van der Waals surface area contributed by atoms with Gasteiger partial charge in [-0.3, -0.25) is 4.90 Å². The van der Waals surface area contributed by atoms with Gasteiger partial charge < -0.3 is 9.84 Å². The Morgan fingerprint density at radius 1 is 1.53 bits per heavy atom. The van der Waals surface area contributed by atoms with E-state index < -0.39 is 29.2 Å². The summed E-state index contributed by atoms with van der Waals surface area (Å²) >= 11 is 0. The first kappa shape index (κ1) is 15.1. The van der Waals surface area contributed by atoms with Crippen molar-refractivity contribution in [2.24, 2.45) is 5.11 Å². The van der Waals surface area contributed by atoms with E-state index in [9.17, 15) is 14.7 Å². The molecule has 106 valence electrons. The van der Waals surface area contributed by atoms with Crippen molar-refractivity contribution in [1.82, 2.24) is 4.90 Å². The number of azide groups is 1. The van der Waals surface area contributed by atoms with Crippen molar-refractivity contribution in [3.05, 3.63) is 10.4 Å². The maximum absolute atomic E-state index is 12.0. The number of carbonyl (C=O) groups excluding carboxylic acids is 1. The zero-order valence-electron chi connectivity index (χ0n) is 11.5. The molecule has 0 radical (unpaired) electrons. The highest BCUT2D eigenvalue weighted by Crippen LogP contribution is 2.32. The van der Waals surface area contributed by atoms with Gasteiger partial charge in [-0.2, -0.15) is 0 Å². The lowest BCUT2D eigenvalue weighted by molar-refractivity contribution is -0.148. The summed E-state index contributed by atoms with van der Waals surface area (Å²) in [6, 6.07) is -0.557. The van der Waals surface area contributed by atoms with Crippen molar-refractivity contribution in [3.8, 4) is 0 Å². The Morgan fingerprint density at radius 3 is 2.53 bits per heavy atom. The van der Waals surface area contributed by atoms with Crippen LogP contribution in [-0.2, 0) is 9.53 Å². The number of carboxylic acids is 1. The van der Waals surface area contributed by atoms with Crippen LogP contribution in [0.5, 0.6) is 0 Å². The van der Waals surface area contributed by atoms with Gasteiger partial charge in [-0.1, -0.05) is 5.11 Å². The molecular formula is C11H18N4O4. The Kier molecular flexibility index (Phi) is 3.95. The van der Waals surface area contributed by atoms with E-state index in [-0.39, 0.29) is 13.0 Å². The average Bonchev–Trinajstić information content (AvgIpc) is 2.55. The minimum atomic E-state index is -1.42. The van der Waals surface area contributed by atoms with Crippen molar-refractivity contribution in [2.45, 2.75) is 51.3 Å². The number of likely N-dealkylation sites (tertiary alicyclic amines) is 1. The normalized spacial score (nSPS) is 26.7. The molecule has 0 bridgehead atoms. The van der Waals surface area contributed by atoms with Crippen LogP contribution in [0.3, 0.4) is 0 Å². The molecule has 1 rings (SSSR count). The van der Waals surface area contributed by atoms with Gasteiger partial charge in [0.2, 0.25) is 0 Å². The standard InChI is InChI=1S/C11H18N4O4/c1-10(2,3)19-9(18)15-6-7(13-14-12)5-11(15,4)8(16)17/h7H,5-6H2,1-4H3,(H,16,17). The Labute approximate surface area is 111 Å². The Hall–Kier alpha value is -1.95. The molecule has 0 spiro atoms. The summed E-state index contributed by atoms with van der Waals surface area (Å²) in [6.45, 7) is 6.56. The lowest BCUT2D eigenvalue weighted by Crippen LogP contribution is -2.52. The first-order chi connectivity index (χ1) is 8.60. The van der Waals surface area contributed by atoms with Gasteiger partial charge in [0.05, 0.1) is 6.04 Å². The third kappa shape index (κ3) is 3.29. The summed E-state index contributed by atoms with van der Waals surface area (Å²) in [5.41, 5.74) is 6.29. The number of aliphatic carboxylic acids is 1. The second-order valence-corrected chi connectivity index (χ2v) is 5.73. The first-order valence-electron chi connectivity index (χ1n) is 5.88. The Bertz CT molecular complexity index is 438. The summed E-state index contributed by atoms with van der Waals surface area (Å²) in [6.07, 6.45) is -0.640. The Balaban J connectivity index is 2.99. The van der Waals surface area contributed by atoms with Crippen molar-refractivity contribution in [3.63, 3.8) is 0 Å². The minimum absolute atomic E-state index is 0.0434. The molecule has 2 atom stereocenters. The fourth-order valence-electron chi connectivity index (χ4n) is 1.99. The maximum atomic E-state index is 12.0. The molecule has 0 aliphatic carbocycles. The van der Waals surface area contributed by atoms with Crippen LogP contribution in [0.15, 0.2) is 5.11 Å². The lowest BCUT2D eigenvalue weighted by Gasteiger charge is -2.32. The van der Waals surface area contributed by atoms with Gasteiger partial charge >= 0.3 is 12.1 Å². The summed E-state index contributed by atoms with van der Waals surface area (Å²) in [5.74, 6) is -1.14. The zero-order chi connectivity index (χ0) is 14.8. The molecule has 1 heterocycles. The highest BCUT2D eigenvalue weighted by atomic mass is 16.6. The van der Waals surface area contributed by atoms with E-state index in [1.165, 1.54) is 6.92 Å².